The number of rotatable bonds is 6. The highest BCUT2D eigenvalue weighted by Crippen LogP contribution is 2.29. The van der Waals surface area contributed by atoms with E-state index >= 15 is 0 Å². The topological polar surface area (TPSA) is 121 Å². The number of fused-ring (bicyclic) bond motifs is 1. The van der Waals surface area contributed by atoms with Crippen LogP contribution in [0.3, 0.4) is 0 Å². The minimum atomic E-state index is -0.226. The van der Waals surface area contributed by atoms with Gasteiger partial charge in [0, 0.05) is 48.1 Å². The van der Waals surface area contributed by atoms with Crippen LogP contribution in [-0.4, -0.2) is 37.7 Å². The van der Waals surface area contributed by atoms with E-state index in [9.17, 15) is 9.59 Å². The van der Waals surface area contributed by atoms with E-state index in [0.717, 1.165) is 0 Å². The predicted octanol–water partition coefficient (Wildman–Crippen LogP) is 2.36. The first-order chi connectivity index (χ1) is 15.4. The van der Waals surface area contributed by atoms with Crippen LogP contribution in [0.5, 0.6) is 0 Å². The molecule has 9 nitrogen and oxygen atoms in total. The second kappa shape index (κ2) is 8.89. The summed E-state index contributed by atoms with van der Waals surface area (Å²) in [5.41, 5.74) is 7.84. The number of nitrogens with one attached hydrogen (secondary N) is 1. The van der Waals surface area contributed by atoms with Gasteiger partial charge in [0.25, 0.3) is 11.1 Å². The Kier molecular flexibility index (Phi) is 6.02. The van der Waals surface area contributed by atoms with Crippen molar-refractivity contribution in [3.63, 3.8) is 0 Å². The fraction of sp³-hybridized carbons (Fsp3) is 0.227. The van der Waals surface area contributed by atoms with Crippen molar-refractivity contribution in [1.82, 2.24) is 24.1 Å². The molecule has 4 aromatic rings. The molecule has 164 valence electrons. The summed E-state index contributed by atoms with van der Waals surface area (Å²) >= 11 is 6.59. The summed E-state index contributed by atoms with van der Waals surface area (Å²) in [4.78, 5) is 38.6. The quantitative estimate of drug-likeness (QED) is 0.461. The maximum atomic E-state index is 13.4. The average Bonchev–Trinajstić information content (AvgIpc) is 2.80. The molecule has 0 aliphatic rings. The molecule has 0 saturated carbocycles. The van der Waals surface area contributed by atoms with E-state index in [1.165, 1.54) is 17.1 Å². The highest BCUT2D eigenvalue weighted by molar-refractivity contribution is 6.33. The summed E-state index contributed by atoms with van der Waals surface area (Å²) in [7, 11) is 1.72. The lowest BCUT2D eigenvalue weighted by atomic mass is 10.1. The number of aromatic nitrogens is 5. The number of nitrogens with two attached hydrogens (primary N) is 1. The molecule has 0 unspecified atom stereocenters. The number of benzene rings is 1. The SMILES string of the molecule is CNc1ncc2cc(-c3ccc(-n4cncc(C)c4=O)cc3Cl)c(=O)n(CCCN)c2n1. The van der Waals surface area contributed by atoms with E-state index in [1.54, 1.807) is 49.0 Å². The predicted molar refractivity (Wildman–Crippen MR) is 126 cm³/mol. The fourth-order valence-electron chi connectivity index (χ4n) is 3.49. The molecule has 1 aromatic carbocycles. The Morgan fingerprint density at radius 3 is 2.66 bits per heavy atom. The minimum Gasteiger partial charge on any atom is -0.357 e. The molecule has 0 saturated heterocycles. The second-order valence-electron chi connectivity index (χ2n) is 7.30. The summed E-state index contributed by atoms with van der Waals surface area (Å²) in [6.07, 6.45) is 5.23. The van der Waals surface area contributed by atoms with Gasteiger partial charge in [0.2, 0.25) is 5.95 Å². The lowest BCUT2D eigenvalue weighted by Crippen LogP contribution is -2.24. The number of hydrogen-bond acceptors (Lipinski definition) is 7. The van der Waals surface area contributed by atoms with E-state index in [1.807, 2.05) is 0 Å². The number of aryl methyl sites for hydroxylation is 2. The molecule has 4 rings (SSSR count). The Balaban J connectivity index is 1.89. The van der Waals surface area contributed by atoms with Gasteiger partial charge in [0.15, 0.2) is 0 Å². The van der Waals surface area contributed by atoms with Crippen LogP contribution in [0.2, 0.25) is 5.02 Å². The van der Waals surface area contributed by atoms with Crippen molar-refractivity contribution in [2.75, 3.05) is 18.9 Å². The smallest absolute Gasteiger partial charge is 0.260 e. The lowest BCUT2D eigenvalue weighted by molar-refractivity contribution is 0.646. The van der Waals surface area contributed by atoms with Crippen molar-refractivity contribution in [3.8, 4) is 16.8 Å². The Hall–Kier alpha value is -3.56. The van der Waals surface area contributed by atoms with E-state index in [0.29, 0.717) is 63.9 Å². The summed E-state index contributed by atoms with van der Waals surface area (Å²) in [5.74, 6) is 0.422. The number of nitrogens with zero attached hydrogens (tertiary/aromatic N) is 5. The van der Waals surface area contributed by atoms with Crippen molar-refractivity contribution in [2.24, 2.45) is 5.73 Å². The Morgan fingerprint density at radius 1 is 1.12 bits per heavy atom. The van der Waals surface area contributed by atoms with Gasteiger partial charge in [-0.2, -0.15) is 4.98 Å². The van der Waals surface area contributed by atoms with Gasteiger partial charge in [-0.25, -0.2) is 9.97 Å². The highest BCUT2D eigenvalue weighted by Gasteiger charge is 2.16. The molecule has 32 heavy (non-hydrogen) atoms. The van der Waals surface area contributed by atoms with E-state index in [2.05, 4.69) is 20.3 Å². The van der Waals surface area contributed by atoms with Gasteiger partial charge in [-0.3, -0.25) is 18.7 Å². The van der Waals surface area contributed by atoms with Crippen molar-refractivity contribution < 1.29 is 0 Å². The van der Waals surface area contributed by atoms with Gasteiger partial charge < -0.3 is 11.1 Å². The largest absolute Gasteiger partial charge is 0.357 e. The van der Waals surface area contributed by atoms with Crippen molar-refractivity contribution in [1.29, 1.82) is 0 Å². The summed E-state index contributed by atoms with van der Waals surface area (Å²) < 4.78 is 3.01. The third kappa shape index (κ3) is 3.88. The third-order valence-corrected chi connectivity index (χ3v) is 5.48. The molecular weight excluding hydrogens is 430 g/mol. The molecule has 3 aromatic heterocycles. The van der Waals surface area contributed by atoms with E-state index in [-0.39, 0.29) is 11.1 Å². The van der Waals surface area contributed by atoms with Gasteiger partial charge in [-0.05, 0) is 38.1 Å². The molecule has 3 heterocycles. The number of anilines is 1. The van der Waals surface area contributed by atoms with Crippen molar-refractivity contribution in [3.05, 3.63) is 74.3 Å². The van der Waals surface area contributed by atoms with Crippen LogP contribution in [0, 0.1) is 6.92 Å². The van der Waals surface area contributed by atoms with Gasteiger partial charge >= 0.3 is 0 Å². The Morgan fingerprint density at radius 2 is 1.94 bits per heavy atom. The summed E-state index contributed by atoms with van der Waals surface area (Å²) in [6, 6.07) is 6.84. The first-order valence-corrected chi connectivity index (χ1v) is 10.4. The van der Waals surface area contributed by atoms with Crippen LogP contribution < -0.4 is 22.2 Å². The molecule has 3 N–H and O–H groups in total. The number of halogens is 1. The maximum Gasteiger partial charge on any atom is 0.260 e. The van der Waals surface area contributed by atoms with Crippen LogP contribution in [-0.2, 0) is 6.54 Å². The Bertz CT molecular complexity index is 1430. The zero-order valence-corrected chi connectivity index (χ0v) is 18.4. The van der Waals surface area contributed by atoms with Gasteiger partial charge in [0.05, 0.1) is 10.7 Å². The molecule has 0 radical (unpaired) electrons. The second-order valence-corrected chi connectivity index (χ2v) is 7.70. The highest BCUT2D eigenvalue weighted by atomic mass is 35.5. The molecule has 0 amide bonds. The molecule has 0 atom stereocenters. The van der Waals surface area contributed by atoms with E-state index < -0.39 is 0 Å². The van der Waals surface area contributed by atoms with Crippen LogP contribution in [0.25, 0.3) is 27.8 Å². The molecule has 0 aliphatic carbocycles. The number of hydrogen-bond donors (Lipinski definition) is 2. The van der Waals surface area contributed by atoms with E-state index in [4.69, 9.17) is 17.3 Å². The van der Waals surface area contributed by atoms with Gasteiger partial charge in [-0.15, -0.1) is 0 Å². The zero-order chi connectivity index (χ0) is 22.8. The van der Waals surface area contributed by atoms with Crippen LogP contribution >= 0.6 is 11.6 Å². The molecule has 10 heteroatoms. The third-order valence-electron chi connectivity index (χ3n) is 5.16. The molecule has 0 spiro atoms. The Labute approximate surface area is 188 Å². The van der Waals surface area contributed by atoms with Crippen LogP contribution in [0.4, 0.5) is 5.95 Å². The molecule has 0 aliphatic heterocycles. The maximum absolute atomic E-state index is 13.4. The zero-order valence-electron chi connectivity index (χ0n) is 17.7. The lowest BCUT2D eigenvalue weighted by Gasteiger charge is -2.14. The standard InChI is InChI=1S/C22H22ClN7O2/c1-13-10-26-12-30(20(13)31)15-4-5-16(18(23)9-15)17-8-14-11-27-22(25-2)28-19(14)29(21(17)32)7-3-6-24/h4-5,8-12H,3,6-7,24H2,1-2H3,(H,25,27,28). The normalized spacial score (nSPS) is 11.1. The molecule has 0 fully saturated rings. The van der Waals surface area contributed by atoms with Crippen LogP contribution in [0.1, 0.15) is 12.0 Å². The van der Waals surface area contributed by atoms with Crippen molar-refractivity contribution in [2.45, 2.75) is 19.9 Å². The monoisotopic (exact) mass is 451 g/mol. The fourth-order valence-corrected chi connectivity index (χ4v) is 3.77. The molecule has 0 bridgehead atoms. The van der Waals surface area contributed by atoms with Gasteiger partial charge in [0.1, 0.15) is 12.0 Å². The molecular formula is C22H22ClN7O2. The van der Waals surface area contributed by atoms with Crippen molar-refractivity contribution >= 4 is 28.6 Å². The van der Waals surface area contributed by atoms with Crippen LogP contribution in [0.15, 0.2) is 52.6 Å². The summed E-state index contributed by atoms with van der Waals surface area (Å²) in [6.45, 7) is 2.55. The van der Waals surface area contributed by atoms with Gasteiger partial charge in [-0.1, -0.05) is 17.7 Å². The first kappa shape index (κ1) is 21.7. The summed E-state index contributed by atoms with van der Waals surface area (Å²) in [5, 5.41) is 3.93. The first-order valence-electron chi connectivity index (χ1n) is 10.1. The minimum absolute atomic E-state index is 0.184. The number of pyridine rings is 1. The average molecular weight is 452 g/mol.